The number of esters is 2. The SMILES string of the molecule is COC(=O)C1=C(C(=O)OC)N(c2ccc(SCC(=O)Nc3cc(F)ccc3F)cc2)C(N)=C(C#N)C1c1ccccc1. The quantitative estimate of drug-likeness (QED) is 0.285. The number of methoxy groups -OCH3 is 2. The lowest BCUT2D eigenvalue weighted by Gasteiger charge is -2.35. The molecule has 3 aromatic rings. The van der Waals surface area contributed by atoms with Crippen LogP contribution < -0.4 is 16.0 Å². The first-order valence-corrected chi connectivity index (χ1v) is 13.3. The van der Waals surface area contributed by atoms with Crippen molar-refractivity contribution in [2.24, 2.45) is 5.73 Å². The molecule has 0 aromatic heterocycles. The largest absolute Gasteiger partial charge is 0.466 e. The lowest BCUT2D eigenvalue weighted by Crippen LogP contribution is -2.40. The molecular formula is C30H24F2N4O5S. The molecule has 0 saturated carbocycles. The number of hydrogen-bond acceptors (Lipinski definition) is 9. The van der Waals surface area contributed by atoms with Gasteiger partial charge in [-0.3, -0.25) is 9.69 Å². The minimum absolute atomic E-state index is 0.0222. The number of ether oxygens (including phenoxy) is 2. The molecule has 1 heterocycles. The highest BCUT2D eigenvalue weighted by Crippen LogP contribution is 2.43. The molecule has 214 valence electrons. The van der Waals surface area contributed by atoms with Crippen LogP contribution in [0.5, 0.6) is 0 Å². The van der Waals surface area contributed by atoms with Crippen LogP contribution in [0.2, 0.25) is 0 Å². The summed E-state index contributed by atoms with van der Waals surface area (Å²) in [6.45, 7) is 0. The molecule has 1 amide bonds. The molecule has 9 nitrogen and oxygen atoms in total. The van der Waals surface area contributed by atoms with Gasteiger partial charge in [0.05, 0.1) is 48.8 Å². The highest BCUT2D eigenvalue weighted by atomic mass is 32.2. The van der Waals surface area contributed by atoms with Crippen LogP contribution in [0.15, 0.2) is 100 Å². The Morgan fingerprint density at radius 2 is 1.67 bits per heavy atom. The topological polar surface area (TPSA) is 135 Å². The van der Waals surface area contributed by atoms with Crippen LogP contribution in [0.4, 0.5) is 20.2 Å². The first kappa shape index (κ1) is 29.8. The highest BCUT2D eigenvalue weighted by molar-refractivity contribution is 8.00. The Hall–Kier alpha value is -5.15. The van der Waals surface area contributed by atoms with Crippen molar-refractivity contribution < 1.29 is 32.6 Å². The molecule has 0 aliphatic carbocycles. The smallest absolute Gasteiger partial charge is 0.355 e. The van der Waals surface area contributed by atoms with Gasteiger partial charge in [0.2, 0.25) is 5.91 Å². The van der Waals surface area contributed by atoms with Gasteiger partial charge in [-0.15, -0.1) is 11.8 Å². The maximum Gasteiger partial charge on any atom is 0.355 e. The van der Waals surface area contributed by atoms with E-state index in [1.165, 1.54) is 4.90 Å². The van der Waals surface area contributed by atoms with E-state index in [1.807, 2.05) is 0 Å². The molecule has 3 N–H and O–H groups in total. The highest BCUT2D eigenvalue weighted by Gasteiger charge is 2.42. The Morgan fingerprint density at radius 3 is 2.29 bits per heavy atom. The number of anilines is 2. The van der Waals surface area contributed by atoms with E-state index in [0.717, 1.165) is 44.2 Å². The standard InChI is InChI=1S/C30H24F2N4O5S/c1-40-29(38)26-25(17-6-4-3-5-7-17)21(15-33)28(34)36(27(26)30(39)41-2)19-9-11-20(12-10-19)42-16-24(37)35-23-14-18(31)8-13-22(23)32/h3-14,25H,16,34H2,1-2H3,(H,35,37). The maximum absolute atomic E-state index is 13.8. The number of carbonyl (C=O) groups is 3. The molecule has 1 aliphatic heterocycles. The Labute approximate surface area is 244 Å². The van der Waals surface area contributed by atoms with E-state index < -0.39 is 35.4 Å². The second-order valence-electron chi connectivity index (χ2n) is 8.79. The van der Waals surface area contributed by atoms with Crippen LogP contribution in [0.1, 0.15) is 11.5 Å². The van der Waals surface area contributed by atoms with Crippen molar-refractivity contribution in [2.75, 3.05) is 30.2 Å². The number of carbonyl (C=O) groups excluding carboxylic acids is 3. The monoisotopic (exact) mass is 590 g/mol. The number of halogens is 2. The summed E-state index contributed by atoms with van der Waals surface area (Å²) >= 11 is 1.12. The van der Waals surface area contributed by atoms with Crippen molar-refractivity contribution in [1.82, 2.24) is 0 Å². The molecule has 3 aromatic carbocycles. The summed E-state index contributed by atoms with van der Waals surface area (Å²) in [7, 11) is 2.31. The minimum atomic E-state index is -0.995. The number of nitrogens with one attached hydrogen (secondary N) is 1. The molecule has 12 heteroatoms. The van der Waals surface area contributed by atoms with Crippen molar-refractivity contribution in [1.29, 1.82) is 5.26 Å². The summed E-state index contributed by atoms with van der Waals surface area (Å²) in [5, 5.41) is 12.5. The molecule has 0 spiro atoms. The van der Waals surface area contributed by atoms with Crippen molar-refractivity contribution >= 4 is 41.0 Å². The first-order valence-electron chi connectivity index (χ1n) is 12.3. The zero-order chi connectivity index (χ0) is 30.4. The van der Waals surface area contributed by atoms with Gasteiger partial charge in [-0.25, -0.2) is 18.4 Å². The number of benzene rings is 3. The molecule has 0 fully saturated rings. The van der Waals surface area contributed by atoms with Crippen LogP contribution in [-0.2, 0) is 23.9 Å². The normalized spacial score (nSPS) is 14.7. The molecular weight excluding hydrogens is 566 g/mol. The fourth-order valence-corrected chi connectivity index (χ4v) is 5.10. The van der Waals surface area contributed by atoms with E-state index in [2.05, 4.69) is 11.4 Å². The summed E-state index contributed by atoms with van der Waals surface area (Å²) in [6, 6.07) is 19.9. The Balaban J connectivity index is 1.67. The van der Waals surface area contributed by atoms with Gasteiger partial charge in [0.15, 0.2) is 0 Å². The van der Waals surface area contributed by atoms with Gasteiger partial charge in [0.1, 0.15) is 23.2 Å². The summed E-state index contributed by atoms with van der Waals surface area (Å²) in [6.07, 6.45) is 0. The van der Waals surface area contributed by atoms with Gasteiger partial charge >= 0.3 is 11.9 Å². The lowest BCUT2D eigenvalue weighted by molar-refractivity contribution is -0.139. The summed E-state index contributed by atoms with van der Waals surface area (Å²) in [5.41, 5.74) is 6.77. The predicted molar refractivity (Wildman–Crippen MR) is 152 cm³/mol. The third-order valence-electron chi connectivity index (χ3n) is 6.28. The zero-order valence-electron chi connectivity index (χ0n) is 22.4. The summed E-state index contributed by atoms with van der Waals surface area (Å²) in [4.78, 5) is 40.5. The van der Waals surface area contributed by atoms with Gasteiger partial charge in [-0.05, 0) is 42.0 Å². The molecule has 1 atom stereocenters. The minimum Gasteiger partial charge on any atom is -0.466 e. The van der Waals surface area contributed by atoms with Crippen LogP contribution >= 0.6 is 11.8 Å². The van der Waals surface area contributed by atoms with Gasteiger partial charge in [0, 0.05) is 16.6 Å². The Bertz CT molecular complexity index is 1640. The van der Waals surface area contributed by atoms with Crippen LogP contribution in [0.25, 0.3) is 0 Å². The van der Waals surface area contributed by atoms with E-state index in [9.17, 15) is 28.4 Å². The molecule has 0 saturated heterocycles. The number of thioether (sulfide) groups is 1. The average Bonchev–Trinajstić information content (AvgIpc) is 3.01. The molecule has 42 heavy (non-hydrogen) atoms. The van der Waals surface area contributed by atoms with Crippen molar-refractivity contribution in [3.63, 3.8) is 0 Å². The second-order valence-corrected chi connectivity index (χ2v) is 9.84. The second kappa shape index (κ2) is 13.0. The van der Waals surface area contributed by atoms with Crippen LogP contribution in [-0.4, -0.2) is 37.8 Å². The summed E-state index contributed by atoms with van der Waals surface area (Å²) in [5.74, 6) is -4.93. The molecule has 1 unspecified atom stereocenters. The van der Waals surface area contributed by atoms with E-state index in [1.54, 1.807) is 54.6 Å². The number of amides is 1. The maximum atomic E-state index is 13.8. The number of rotatable bonds is 8. The number of allylic oxidation sites excluding steroid dienone is 1. The molecule has 1 aliphatic rings. The molecule has 0 radical (unpaired) electrons. The number of nitrogens with two attached hydrogens (primary N) is 1. The third kappa shape index (κ3) is 6.11. The molecule has 4 rings (SSSR count). The van der Waals surface area contributed by atoms with E-state index in [0.29, 0.717) is 16.1 Å². The Morgan fingerprint density at radius 1 is 1.00 bits per heavy atom. The van der Waals surface area contributed by atoms with E-state index in [4.69, 9.17) is 15.2 Å². The van der Waals surface area contributed by atoms with Gasteiger partial charge in [-0.1, -0.05) is 30.3 Å². The lowest BCUT2D eigenvalue weighted by atomic mass is 9.81. The number of hydrogen-bond donors (Lipinski definition) is 2. The number of nitriles is 1. The van der Waals surface area contributed by atoms with Gasteiger partial charge in [0.25, 0.3) is 0 Å². The van der Waals surface area contributed by atoms with Crippen molar-refractivity contribution in [3.8, 4) is 6.07 Å². The van der Waals surface area contributed by atoms with Crippen LogP contribution in [0.3, 0.4) is 0 Å². The van der Waals surface area contributed by atoms with Crippen molar-refractivity contribution in [3.05, 3.63) is 113 Å². The summed E-state index contributed by atoms with van der Waals surface area (Å²) < 4.78 is 37.3. The third-order valence-corrected chi connectivity index (χ3v) is 7.29. The van der Waals surface area contributed by atoms with E-state index in [-0.39, 0.29) is 34.1 Å². The predicted octanol–water partition coefficient (Wildman–Crippen LogP) is 4.59. The number of nitrogens with zero attached hydrogens (tertiary/aromatic N) is 2. The Kier molecular flexibility index (Phi) is 9.24. The van der Waals surface area contributed by atoms with Gasteiger partial charge in [-0.2, -0.15) is 5.26 Å². The fourth-order valence-electron chi connectivity index (χ4n) is 4.40. The van der Waals surface area contributed by atoms with Crippen LogP contribution in [0, 0.1) is 23.0 Å². The van der Waals surface area contributed by atoms with Gasteiger partial charge < -0.3 is 20.5 Å². The fraction of sp³-hybridized carbons (Fsp3) is 0.133. The van der Waals surface area contributed by atoms with E-state index >= 15 is 0 Å². The first-order chi connectivity index (χ1) is 20.2. The molecule has 0 bridgehead atoms. The zero-order valence-corrected chi connectivity index (χ0v) is 23.2. The van der Waals surface area contributed by atoms with Crippen molar-refractivity contribution in [2.45, 2.75) is 10.8 Å². The average molecular weight is 591 g/mol.